The number of Topliss-reactive ketones (excluding diaryl/α,β-unsaturated/α-hetero) is 1. The number of carbonyl (C=O) groups is 1. The van der Waals surface area contributed by atoms with E-state index in [0.29, 0.717) is 6.42 Å². The van der Waals surface area contributed by atoms with Crippen LogP contribution < -0.4 is 0 Å². The molecule has 0 bridgehead atoms. The molecule has 0 aliphatic rings. The maximum Gasteiger partial charge on any atom is 0.132 e. The van der Waals surface area contributed by atoms with E-state index in [9.17, 15) is 9.90 Å². The number of rotatable bonds is 6. The first-order chi connectivity index (χ1) is 8.68. The molecule has 18 heavy (non-hydrogen) atoms. The predicted molar refractivity (Wildman–Crippen MR) is 73.1 cm³/mol. The van der Waals surface area contributed by atoms with Gasteiger partial charge < -0.3 is 5.11 Å². The lowest BCUT2D eigenvalue weighted by molar-refractivity contribution is -0.118. The summed E-state index contributed by atoms with van der Waals surface area (Å²) in [6.07, 6.45) is 2.89. The Bertz CT molecular complexity index is 412. The van der Waals surface area contributed by atoms with Crippen LogP contribution in [0.5, 0.6) is 0 Å². The SMILES string of the molecule is CC(=O)C[C@H](O)CC#CCCCc1ccccc1. The van der Waals surface area contributed by atoms with Crippen LogP contribution in [-0.4, -0.2) is 17.0 Å². The van der Waals surface area contributed by atoms with Crippen molar-refractivity contribution in [2.45, 2.75) is 45.1 Å². The summed E-state index contributed by atoms with van der Waals surface area (Å²) in [7, 11) is 0. The van der Waals surface area contributed by atoms with Gasteiger partial charge in [0.1, 0.15) is 5.78 Å². The summed E-state index contributed by atoms with van der Waals surface area (Å²) in [5.41, 5.74) is 1.33. The number of benzene rings is 1. The molecule has 2 heteroatoms. The molecule has 0 aliphatic carbocycles. The van der Waals surface area contributed by atoms with Crippen LogP contribution >= 0.6 is 0 Å². The van der Waals surface area contributed by atoms with E-state index in [1.807, 2.05) is 18.2 Å². The van der Waals surface area contributed by atoms with Gasteiger partial charge in [0.05, 0.1) is 6.10 Å². The van der Waals surface area contributed by atoms with Gasteiger partial charge in [-0.25, -0.2) is 0 Å². The number of unbranched alkanes of at least 4 members (excludes halogenated alkanes) is 1. The van der Waals surface area contributed by atoms with E-state index >= 15 is 0 Å². The Morgan fingerprint density at radius 1 is 1.28 bits per heavy atom. The van der Waals surface area contributed by atoms with E-state index in [4.69, 9.17) is 0 Å². The molecule has 0 aromatic heterocycles. The van der Waals surface area contributed by atoms with Gasteiger partial charge in [-0.1, -0.05) is 30.3 Å². The average Bonchev–Trinajstić information content (AvgIpc) is 2.34. The highest BCUT2D eigenvalue weighted by Gasteiger charge is 2.04. The summed E-state index contributed by atoms with van der Waals surface area (Å²) in [6, 6.07) is 10.3. The van der Waals surface area contributed by atoms with E-state index in [0.717, 1.165) is 19.3 Å². The predicted octanol–water partition coefficient (Wildman–Crippen LogP) is 2.74. The van der Waals surface area contributed by atoms with Gasteiger partial charge >= 0.3 is 0 Å². The zero-order chi connectivity index (χ0) is 13.2. The lowest BCUT2D eigenvalue weighted by Crippen LogP contribution is -2.09. The van der Waals surface area contributed by atoms with E-state index in [-0.39, 0.29) is 12.2 Å². The largest absolute Gasteiger partial charge is 0.392 e. The van der Waals surface area contributed by atoms with E-state index in [1.54, 1.807) is 0 Å². The van der Waals surface area contributed by atoms with Gasteiger partial charge in [-0.2, -0.15) is 0 Å². The van der Waals surface area contributed by atoms with Crippen LogP contribution in [0.2, 0.25) is 0 Å². The third-order valence-electron chi connectivity index (χ3n) is 2.60. The molecular formula is C16H20O2. The minimum atomic E-state index is -0.607. The molecule has 0 amide bonds. The lowest BCUT2D eigenvalue weighted by atomic mass is 10.1. The van der Waals surface area contributed by atoms with Crippen LogP contribution in [0, 0.1) is 11.8 Å². The normalized spacial score (nSPS) is 11.4. The zero-order valence-corrected chi connectivity index (χ0v) is 10.9. The van der Waals surface area contributed by atoms with E-state index in [2.05, 4.69) is 24.0 Å². The number of aliphatic hydroxyl groups excluding tert-OH is 1. The fraction of sp³-hybridized carbons (Fsp3) is 0.438. The van der Waals surface area contributed by atoms with Crippen molar-refractivity contribution in [2.24, 2.45) is 0 Å². The van der Waals surface area contributed by atoms with Gasteiger partial charge in [0.2, 0.25) is 0 Å². The first-order valence-corrected chi connectivity index (χ1v) is 6.35. The van der Waals surface area contributed by atoms with Crippen LogP contribution in [0.4, 0.5) is 0 Å². The van der Waals surface area contributed by atoms with Crippen molar-refractivity contribution < 1.29 is 9.90 Å². The summed E-state index contributed by atoms with van der Waals surface area (Å²) < 4.78 is 0. The Kier molecular flexibility index (Phi) is 6.83. The molecule has 1 atom stereocenters. The van der Waals surface area contributed by atoms with Gasteiger partial charge in [0.15, 0.2) is 0 Å². The maximum atomic E-state index is 10.7. The third-order valence-corrected chi connectivity index (χ3v) is 2.60. The number of hydrogen-bond acceptors (Lipinski definition) is 2. The Hall–Kier alpha value is -1.59. The second kappa shape index (κ2) is 8.49. The average molecular weight is 244 g/mol. The van der Waals surface area contributed by atoms with Crippen LogP contribution in [0.1, 0.15) is 38.2 Å². The minimum Gasteiger partial charge on any atom is -0.392 e. The van der Waals surface area contributed by atoms with Crippen molar-refractivity contribution in [3.05, 3.63) is 35.9 Å². The lowest BCUT2D eigenvalue weighted by Gasteiger charge is -2.01. The molecular weight excluding hydrogens is 224 g/mol. The Labute approximate surface area is 109 Å². The number of aryl methyl sites for hydroxylation is 1. The second-order valence-corrected chi connectivity index (χ2v) is 4.46. The number of ketones is 1. The topological polar surface area (TPSA) is 37.3 Å². The zero-order valence-electron chi connectivity index (χ0n) is 10.9. The number of aliphatic hydroxyl groups is 1. The van der Waals surface area contributed by atoms with Gasteiger partial charge in [-0.05, 0) is 25.3 Å². The Morgan fingerprint density at radius 3 is 2.67 bits per heavy atom. The highest BCUT2D eigenvalue weighted by Crippen LogP contribution is 2.04. The minimum absolute atomic E-state index is 0.00776. The first-order valence-electron chi connectivity index (χ1n) is 6.35. The van der Waals surface area contributed by atoms with Crippen molar-refractivity contribution in [1.82, 2.24) is 0 Å². The van der Waals surface area contributed by atoms with Crippen molar-refractivity contribution in [1.29, 1.82) is 0 Å². The van der Waals surface area contributed by atoms with Gasteiger partial charge in [-0.3, -0.25) is 4.79 Å². The number of hydrogen-bond donors (Lipinski definition) is 1. The van der Waals surface area contributed by atoms with Crippen LogP contribution in [0.25, 0.3) is 0 Å². The van der Waals surface area contributed by atoms with Gasteiger partial charge in [0.25, 0.3) is 0 Å². The third kappa shape index (κ3) is 6.88. The van der Waals surface area contributed by atoms with Gasteiger partial charge in [-0.15, -0.1) is 11.8 Å². The summed E-state index contributed by atoms with van der Waals surface area (Å²) in [5, 5.41) is 9.43. The van der Waals surface area contributed by atoms with Crippen molar-refractivity contribution >= 4 is 5.78 Å². The molecule has 1 aromatic carbocycles. The quantitative estimate of drug-likeness (QED) is 0.617. The summed E-state index contributed by atoms with van der Waals surface area (Å²) >= 11 is 0. The monoisotopic (exact) mass is 244 g/mol. The molecule has 1 N–H and O–H groups in total. The molecule has 0 unspecified atom stereocenters. The highest BCUT2D eigenvalue weighted by molar-refractivity contribution is 5.75. The highest BCUT2D eigenvalue weighted by atomic mass is 16.3. The van der Waals surface area contributed by atoms with E-state index in [1.165, 1.54) is 12.5 Å². The molecule has 0 spiro atoms. The molecule has 0 radical (unpaired) electrons. The van der Waals surface area contributed by atoms with Gasteiger partial charge in [0, 0.05) is 19.3 Å². The fourth-order valence-corrected chi connectivity index (χ4v) is 1.71. The molecule has 2 nitrogen and oxygen atoms in total. The van der Waals surface area contributed by atoms with Crippen LogP contribution in [-0.2, 0) is 11.2 Å². The molecule has 1 aromatic rings. The molecule has 96 valence electrons. The maximum absolute atomic E-state index is 10.7. The van der Waals surface area contributed by atoms with Crippen molar-refractivity contribution in [3.63, 3.8) is 0 Å². The molecule has 0 fully saturated rings. The molecule has 0 heterocycles. The van der Waals surface area contributed by atoms with Crippen molar-refractivity contribution in [3.8, 4) is 11.8 Å². The standard InChI is InChI=1S/C16H20O2/c1-14(17)13-16(18)12-8-3-2-5-9-15-10-6-4-7-11-15/h4,6-7,10-11,16,18H,2,5,9,12-13H2,1H3/t16-/m1/s1. The van der Waals surface area contributed by atoms with Crippen LogP contribution in [0.15, 0.2) is 30.3 Å². The fourth-order valence-electron chi connectivity index (χ4n) is 1.71. The molecule has 0 aliphatic heterocycles. The Balaban J connectivity index is 2.13. The number of carbonyl (C=O) groups excluding carboxylic acids is 1. The Morgan fingerprint density at radius 2 is 2.00 bits per heavy atom. The molecule has 0 saturated heterocycles. The summed E-state index contributed by atoms with van der Waals surface area (Å²) in [5.74, 6) is 5.97. The van der Waals surface area contributed by atoms with Crippen molar-refractivity contribution in [2.75, 3.05) is 0 Å². The van der Waals surface area contributed by atoms with Crippen LogP contribution in [0.3, 0.4) is 0 Å². The summed E-state index contributed by atoms with van der Waals surface area (Å²) in [6.45, 7) is 1.48. The smallest absolute Gasteiger partial charge is 0.132 e. The second-order valence-electron chi connectivity index (χ2n) is 4.46. The van der Waals surface area contributed by atoms with E-state index < -0.39 is 6.10 Å². The first kappa shape index (κ1) is 14.5. The molecule has 0 saturated carbocycles. The molecule has 1 rings (SSSR count). The summed E-state index contributed by atoms with van der Waals surface area (Å²) in [4.78, 5) is 10.7.